The molecule has 1 heterocycles. The smallest absolute Gasteiger partial charge is 0.314 e. The first-order valence-corrected chi connectivity index (χ1v) is 9.71. The molecule has 0 aliphatic carbocycles. The zero-order valence-corrected chi connectivity index (χ0v) is 18.4. The van der Waals surface area contributed by atoms with Gasteiger partial charge in [0.05, 0.1) is 23.7 Å². The van der Waals surface area contributed by atoms with Gasteiger partial charge in [-0.2, -0.15) is 0 Å². The number of nitrogens with zero attached hydrogens (tertiary/aromatic N) is 2. The maximum atomic E-state index is 14.3. The Bertz CT molecular complexity index is 912. The molecule has 0 N–H and O–H groups in total. The fraction of sp³-hybridized carbons (Fsp3) is 0.500. The van der Waals surface area contributed by atoms with E-state index in [1.54, 1.807) is 20.8 Å². The predicted octanol–water partition coefficient (Wildman–Crippen LogP) is 5.18. The van der Waals surface area contributed by atoms with Gasteiger partial charge in [-0.1, -0.05) is 34.6 Å². The topological polar surface area (TPSA) is 61.3 Å². The van der Waals surface area contributed by atoms with Crippen LogP contribution >= 0.6 is 0 Å². The summed E-state index contributed by atoms with van der Waals surface area (Å²) >= 11 is 0. The Morgan fingerprint density at radius 1 is 0.935 bits per heavy atom. The third kappa shape index (κ3) is 5.39. The fourth-order valence-electron chi connectivity index (χ4n) is 3.13. The van der Waals surface area contributed by atoms with Gasteiger partial charge >= 0.3 is 5.97 Å². The molecule has 1 atom stereocenters. The van der Waals surface area contributed by atoms with Gasteiger partial charge < -0.3 is 9.47 Å². The molecule has 5 nitrogen and oxygen atoms in total. The highest BCUT2D eigenvalue weighted by Gasteiger charge is 2.35. The van der Waals surface area contributed by atoms with Gasteiger partial charge in [-0.05, 0) is 5.41 Å². The van der Waals surface area contributed by atoms with Crippen LogP contribution in [0, 0.1) is 28.7 Å². The number of rotatable bonds is 7. The van der Waals surface area contributed by atoms with E-state index in [1.165, 1.54) is 12.4 Å². The molecule has 1 unspecified atom stereocenters. The summed E-state index contributed by atoms with van der Waals surface area (Å²) in [4.78, 5) is 21.3. The van der Waals surface area contributed by atoms with E-state index in [-0.39, 0.29) is 5.92 Å². The lowest BCUT2D eigenvalue weighted by atomic mass is 9.77. The van der Waals surface area contributed by atoms with Crippen LogP contribution in [0.1, 0.15) is 69.0 Å². The summed E-state index contributed by atoms with van der Waals surface area (Å²) < 4.78 is 66.5. The van der Waals surface area contributed by atoms with E-state index in [4.69, 9.17) is 4.74 Å². The van der Waals surface area contributed by atoms with Gasteiger partial charge in [0.15, 0.2) is 23.3 Å². The minimum absolute atomic E-state index is 0.0888. The number of methoxy groups -OCH3 is 1. The van der Waals surface area contributed by atoms with E-state index < -0.39 is 64.9 Å². The van der Waals surface area contributed by atoms with Gasteiger partial charge in [0.1, 0.15) is 12.4 Å². The maximum absolute atomic E-state index is 14.3. The van der Waals surface area contributed by atoms with Crippen LogP contribution in [0.5, 0.6) is 0 Å². The van der Waals surface area contributed by atoms with E-state index in [2.05, 4.69) is 14.7 Å². The van der Waals surface area contributed by atoms with Crippen molar-refractivity contribution in [2.45, 2.75) is 59.7 Å². The molecule has 0 bridgehead atoms. The normalized spacial score (nSPS) is 12.9. The highest BCUT2D eigenvalue weighted by atomic mass is 19.2. The first kappa shape index (κ1) is 24.7. The monoisotopic (exact) mass is 442 g/mol. The van der Waals surface area contributed by atoms with Crippen LogP contribution in [-0.4, -0.2) is 23.0 Å². The van der Waals surface area contributed by atoms with Gasteiger partial charge in [-0.3, -0.25) is 4.79 Å². The molecule has 0 saturated heterocycles. The number of carbonyl (C=O) groups is 1. The average Bonchev–Trinajstić information content (AvgIpc) is 2.69. The van der Waals surface area contributed by atoms with Crippen molar-refractivity contribution >= 4 is 5.97 Å². The first-order chi connectivity index (χ1) is 14.4. The molecule has 0 spiro atoms. The molecule has 0 saturated carbocycles. The van der Waals surface area contributed by atoms with Crippen molar-refractivity contribution in [3.8, 4) is 0 Å². The van der Waals surface area contributed by atoms with E-state index in [9.17, 15) is 22.4 Å². The summed E-state index contributed by atoms with van der Waals surface area (Å²) in [6, 6.07) is 0. The second-order valence-corrected chi connectivity index (χ2v) is 8.58. The zero-order valence-electron chi connectivity index (χ0n) is 18.4. The molecule has 0 fully saturated rings. The highest BCUT2D eigenvalue weighted by molar-refractivity contribution is 5.79. The molecule has 9 heteroatoms. The number of halogens is 4. The number of carbonyl (C=O) groups excluding carboxylic acids is 1. The van der Waals surface area contributed by atoms with Crippen molar-refractivity contribution in [1.82, 2.24) is 9.97 Å². The van der Waals surface area contributed by atoms with Gasteiger partial charge in [-0.25, -0.2) is 27.5 Å². The molecule has 1 aromatic heterocycles. The Morgan fingerprint density at radius 2 is 1.39 bits per heavy atom. The van der Waals surface area contributed by atoms with Crippen LogP contribution < -0.4 is 0 Å². The zero-order chi connectivity index (χ0) is 23.5. The summed E-state index contributed by atoms with van der Waals surface area (Å²) in [5.41, 5.74) is -2.09. The van der Waals surface area contributed by atoms with Crippen molar-refractivity contribution in [1.29, 1.82) is 0 Å². The minimum Gasteiger partial charge on any atom is -0.460 e. The molecule has 1 aromatic carbocycles. The fourth-order valence-corrected chi connectivity index (χ4v) is 3.13. The Kier molecular flexibility index (Phi) is 7.75. The van der Waals surface area contributed by atoms with Crippen LogP contribution in [0.3, 0.4) is 0 Å². The second-order valence-electron chi connectivity index (χ2n) is 8.58. The maximum Gasteiger partial charge on any atom is 0.314 e. The van der Waals surface area contributed by atoms with Crippen LogP contribution in [0.15, 0.2) is 12.4 Å². The summed E-state index contributed by atoms with van der Waals surface area (Å²) in [5.74, 6) is -7.45. The number of esters is 1. The van der Waals surface area contributed by atoms with Crippen LogP contribution in [0.2, 0.25) is 0 Å². The lowest BCUT2D eigenvalue weighted by molar-refractivity contribution is -0.149. The van der Waals surface area contributed by atoms with Gasteiger partial charge in [0.25, 0.3) is 0 Å². The van der Waals surface area contributed by atoms with Gasteiger partial charge in [0.2, 0.25) is 0 Å². The highest BCUT2D eigenvalue weighted by Crippen LogP contribution is 2.36. The van der Waals surface area contributed by atoms with Crippen molar-refractivity contribution in [2.24, 2.45) is 5.41 Å². The molecule has 0 aliphatic heterocycles. The largest absolute Gasteiger partial charge is 0.460 e. The van der Waals surface area contributed by atoms with E-state index >= 15 is 0 Å². The van der Waals surface area contributed by atoms with Crippen molar-refractivity contribution in [2.75, 3.05) is 7.11 Å². The Hall–Kier alpha value is -2.55. The van der Waals surface area contributed by atoms with Crippen LogP contribution in [0.25, 0.3) is 0 Å². The quantitative estimate of drug-likeness (QED) is 0.336. The number of hydrogen-bond acceptors (Lipinski definition) is 5. The predicted molar refractivity (Wildman–Crippen MR) is 105 cm³/mol. The second kappa shape index (κ2) is 9.72. The Balaban J connectivity index is 2.32. The van der Waals surface area contributed by atoms with E-state index in [0.29, 0.717) is 11.4 Å². The van der Waals surface area contributed by atoms with Crippen molar-refractivity contribution in [3.63, 3.8) is 0 Å². The summed E-state index contributed by atoms with van der Waals surface area (Å²) in [6.07, 6.45) is 3.00. The van der Waals surface area contributed by atoms with E-state index in [0.717, 1.165) is 7.11 Å². The molecule has 2 rings (SSSR count). The van der Waals surface area contributed by atoms with Crippen molar-refractivity contribution < 1.29 is 31.8 Å². The van der Waals surface area contributed by atoms with Crippen LogP contribution in [0.4, 0.5) is 17.6 Å². The van der Waals surface area contributed by atoms with Crippen LogP contribution in [-0.2, 0) is 27.5 Å². The number of benzene rings is 1. The Morgan fingerprint density at radius 3 is 1.77 bits per heavy atom. The SMILES string of the molecule is COCc1c(F)c(F)c(COC(=O)C(c2cnc(C(C)C)nc2)C(C)(C)C)c(F)c1F. The average molecular weight is 442 g/mol. The number of hydrogen-bond donors (Lipinski definition) is 0. The van der Waals surface area contributed by atoms with Crippen molar-refractivity contribution in [3.05, 3.63) is 58.2 Å². The first-order valence-electron chi connectivity index (χ1n) is 9.71. The lowest BCUT2D eigenvalue weighted by Crippen LogP contribution is -2.29. The van der Waals surface area contributed by atoms with E-state index in [1.807, 2.05) is 13.8 Å². The van der Waals surface area contributed by atoms with Gasteiger partial charge in [-0.15, -0.1) is 0 Å². The molecule has 0 aliphatic rings. The number of aromatic nitrogens is 2. The third-order valence-corrected chi connectivity index (χ3v) is 4.74. The third-order valence-electron chi connectivity index (χ3n) is 4.74. The summed E-state index contributed by atoms with van der Waals surface area (Å²) in [6.45, 7) is 7.53. The molecule has 31 heavy (non-hydrogen) atoms. The summed E-state index contributed by atoms with van der Waals surface area (Å²) in [5, 5.41) is 0. The molecular weight excluding hydrogens is 416 g/mol. The molecule has 2 aromatic rings. The molecule has 0 radical (unpaired) electrons. The number of ether oxygens (including phenoxy) is 2. The summed E-state index contributed by atoms with van der Waals surface area (Å²) in [7, 11) is 1.13. The molecule has 0 amide bonds. The standard InChI is InChI=1S/C22H26F4N2O3/c1-11(2)20-27-7-12(8-28-20)15(22(3,4)5)21(29)31-10-14-18(25)16(23)13(9-30-6)17(24)19(14)26/h7-8,11,15H,9-10H2,1-6H3. The molecule has 170 valence electrons. The lowest BCUT2D eigenvalue weighted by Gasteiger charge is -2.29. The Labute approximate surface area is 178 Å². The van der Waals surface area contributed by atoms with Gasteiger partial charge in [0, 0.05) is 31.0 Å². The molecular formula is C22H26F4N2O3. The minimum atomic E-state index is -1.63.